The first-order valence-corrected chi connectivity index (χ1v) is 5.84. The van der Waals surface area contributed by atoms with Crippen LogP contribution in [0.15, 0.2) is 0 Å². The van der Waals surface area contributed by atoms with Gasteiger partial charge in [0.1, 0.15) is 11.7 Å². The number of Topliss-reactive ketones (excluding diaryl/α,β-unsaturated/α-hetero) is 1. The van der Waals surface area contributed by atoms with Gasteiger partial charge in [0, 0.05) is 12.8 Å². The van der Waals surface area contributed by atoms with Crippen LogP contribution < -0.4 is 0 Å². The SMILES string of the molecule is CCCC(=O)[C@H](C[C@H](Cl)[N+](C)(C)C)C(=O)O. The van der Waals surface area contributed by atoms with Crippen molar-refractivity contribution in [3.8, 4) is 0 Å². The summed E-state index contributed by atoms with van der Waals surface area (Å²) in [5.74, 6) is -2.27. The molecule has 2 atom stereocenters. The molecule has 0 aromatic rings. The molecular weight excluding hydrogens is 230 g/mol. The molecule has 5 heteroatoms. The Bertz CT molecular complexity index is 260. The fraction of sp³-hybridized carbons (Fsp3) is 0.818. The Morgan fingerprint density at radius 2 is 1.81 bits per heavy atom. The van der Waals surface area contributed by atoms with E-state index in [9.17, 15) is 9.59 Å². The van der Waals surface area contributed by atoms with Crippen molar-refractivity contribution in [2.75, 3.05) is 21.1 Å². The number of carbonyl (C=O) groups is 2. The smallest absolute Gasteiger partial charge is 0.314 e. The maximum absolute atomic E-state index is 11.6. The monoisotopic (exact) mass is 250 g/mol. The molecular formula is C11H21ClNO3+. The van der Waals surface area contributed by atoms with Gasteiger partial charge in [-0.15, -0.1) is 0 Å². The lowest BCUT2D eigenvalue weighted by Crippen LogP contribution is -2.44. The Labute approximate surface area is 102 Å². The molecule has 0 radical (unpaired) electrons. The highest BCUT2D eigenvalue weighted by molar-refractivity contribution is 6.20. The summed E-state index contributed by atoms with van der Waals surface area (Å²) in [4.78, 5) is 22.6. The number of hydrogen-bond acceptors (Lipinski definition) is 2. The summed E-state index contributed by atoms with van der Waals surface area (Å²) in [6, 6.07) is 0. The highest BCUT2D eigenvalue weighted by Crippen LogP contribution is 2.20. The van der Waals surface area contributed by atoms with Crippen LogP contribution in [0.3, 0.4) is 0 Å². The topological polar surface area (TPSA) is 54.4 Å². The third kappa shape index (κ3) is 4.94. The number of hydrogen-bond donors (Lipinski definition) is 1. The zero-order valence-corrected chi connectivity index (χ0v) is 11.1. The van der Waals surface area contributed by atoms with Gasteiger partial charge in [0.15, 0.2) is 5.50 Å². The van der Waals surface area contributed by atoms with E-state index in [2.05, 4.69) is 0 Å². The van der Waals surface area contributed by atoms with E-state index in [0.717, 1.165) is 0 Å². The average molecular weight is 251 g/mol. The standard InChI is InChI=1S/C11H20ClNO3/c1-5-6-9(14)8(11(15)16)7-10(12)13(2,3)4/h8,10H,5-7H2,1-4H3/p+1/t8-,10+/m0/s1. The largest absolute Gasteiger partial charge is 0.481 e. The van der Waals surface area contributed by atoms with Gasteiger partial charge >= 0.3 is 5.97 Å². The van der Waals surface area contributed by atoms with Crippen molar-refractivity contribution < 1.29 is 19.2 Å². The van der Waals surface area contributed by atoms with Gasteiger partial charge in [-0.25, -0.2) is 0 Å². The van der Waals surface area contributed by atoms with E-state index in [1.54, 1.807) is 0 Å². The third-order valence-electron chi connectivity index (χ3n) is 2.45. The van der Waals surface area contributed by atoms with Gasteiger partial charge in [0.05, 0.1) is 21.1 Å². The predicted octanol–water partition coefficient (Wildman–Crippen LogP) is 1.72. The first kappa shape index (κ1) is 15.4. The van der Waals surface area contributed by atoms with Gasteiger partial charge in [-0.2, -0.15) is 0 Å². The zero-order valence-electron chi connectivity index (χ0n) is 10.4. The van der Waals surface area contributed by atoms with Crippen molar-refractivity contribution in [1.29, 1.82) is 0 Å². The highest BCUT2D eigenvalue weighted by atomic mass is 35.5. The molecule has 0 aliphatic rings. The number of rotatable bonds is 7. The summed E-state index contributed by atoms with van der Waals surface area (Å²) in [6.45, 7) is 1.86. The number of aliphatic carboxylic acids is 1. The van der Waals surface area contributed by atoms with Crippen LogP contribution in [-0.2, 0) is 9.59 Å². The number of carbonyl (C=O) groups excluding carboxylic acids is 1. The number of carboxylic acids is 1. The Kier molecular flexibility index (Phi) is 5.97. The van der Waals surface area contributed by atoms with Gasteiger partial charge < -0.3 is 9.59 Å². The van der Waals surface area contributed by atoms with Crippen LogP contribution in [0, 0.1) is 5.92 Å². The predicted molar refractivity (Wildman–Crippen MR) is 63.3 cm³/mol. The van der Waals surface area contributed by atoms with Crippen LogP contribution in [-0.4, -0.2) is 48.0 Å². The number of nitrogens with zero attached hydrogens (tertiary/aromatic N) is 1. The molecule has 0 heterocycles. The first-order valence-electron chi connectivity index (χ1n) is 5.40. The summed E-state index contributed by atoms with van der Waals surface area (Å²) >= 11 is 6.10. The Hall–Kier alpha value is -0.610. The van der Waals surface area contributed by atoms with E-state index >= 15 is 0 Å². The van der Waals surface area contributed by atoms with Crippen LogP contribution in [0.1, 0.15) is 26.2 Å². The Morgan fingerprint density at radius 3 is 2.12 bits per heavy atom. The minimum Gasteiger partial charge on any atom is -0.481 e. The maximum Gasteiger partial charge on any atom is 0.314 e. The van der Waals surface area contributed by atoms with Gasteiger partial charge in [-0.3, -0.25) is 9.59 Å². The fourth-order valence-corrected chi connectivity index (χ4v) is 1.48. The average Bonchev–Trinajstić information content (AvgIpc) is 2.11. The van der Waals surface area contributed by atoms with Crippen LogP contribution in [0.4, 0.5) is 0 Å². The van der Waals surface area contributed by atoms with Gasteiger partial charge in [0.25, 0.3) is 0 Å². The molecule has 0 aromatic heterocycles. The molecule has 0 aliphatic carbocycles. The minimum absolute atomic E-state index is 0.180. The van der Waals surface area contributed by atoms with Crippen molar-refractivity contribution >= 4 is 23.4 Å². The molecule has 0 unspecified atom stereocenters. The molecule has 0 saturated carbocycles. The van der Waals surface area contributed by atoms with Gasteiger partial charge in [-0.05, 0) is 6.42 Å². The van der Waals surface area contributed by atoms with E-state index in [-0.39, 0.29) is 17.7 Å². The number of carboxylic acid groups (broad SMARTS) is 1. The number of quaternary nitrogens is 1. The minimum atomic E-state index is -1.07. The summed E-state index contributed by atoms with van der Waals surface area (Å²) < 4.78 is 0.435. The summed E-state index contributed by atoms with van der Waals surface area (Å²) in [5.41, 5.74) is -0.373. The third-order valence-corrected chi connectivity index (χ3v) is 3.22. The second-order valence-electron chi connectivity index (χ2n) is 4.89. The lowest BCUT2D eigenvalue weighted by molar-refractivity contribution is -0.883. The highest BCUT2D eigenvalue weighted by Gasteiger charge is 2.33. The number of ketones is 1. The Balaban J connectivity index is 4.58. The molecule has 16 heavy (non-hydrogen) atoms. The van der Waals surface area contributed by atoms with E-state index in [0.29, 0.717) is 17.3 Å². The summed E-state index contributed by atoms with van der Waals surface area (Å²) in [5, 5.41) is 9.00. The van der Waals surface area contributed by atoms with Crippen molar-refractivity contribution in [1.82, 2.24) is 0 Å². The van der Waals surface area contributed by atoms with Crippen LogP contribution in [0.2, 0.25) is 0 Å². The molecule has 0 aliphatic heterocycles. The number of alkyl halides is 1. The molecule has 0 amide bonds. The molecule has 1 N–H and O–H groups in total. The second-order valence-corrected chi connectivity index (χ2v) is 5.40. The Morgan fingerprint density at radius 1 is 1.31 bits per heavy atom. The molecule has 4 nitrogen and oxygen atoms in total. The molecule has 0 rings (SSSR count). The van der Waals surface area contributed by atoms with Crippen molar-refractivity contribution in [3.05, 3.63) is 0 Å². The quantitative estimate of drug-likeness (QED) is 0.324. The van der Waals surface area contributed by atoms with Crippen LogP contribution in [0.5, 0.6) is 0 Å². The molecule has 0 aromatic carbocycles. The molecule has 0 fully saturated rings. The normalized spacial score (nSPS) is 15.6. The summed E-state index contributed by atoms with van der Waals surface area (Å²) in [6.07, 6.45) is 1.15. The first-order chi connectivity index (χ1) is 7.20. The van der Waals surface area contributed by atoms with Crippen molar-refractivity contribution in [2.24, 2.45) is 5.92 Å². The van der Waals surface area contributed by atoms with Gasteiger partial charge in [-0.1, -0.05) is 18.5 Å². The van der Waals surface area contributed by atoms with Crippen LogP contribution in [0.25, 0.3) is 0 Å². The maximum atomic E-state index is 11.6. The van der Waals surface area contributed by atoms with Crippen LogP contribution >= 0.6 is 11.6 Å². The zero-order chi connectivity index (χ0) is 12.9. The van der Waals surface area contributed by atoms with E-state index in [1.165, 1.54) is 0 Å². The number of halogens is 1. The van der Waals surface area contributed by atoms with E-state index in [1.807, 2.05) is 28.1 Å². The molecule has 94 valence electrons. The molecule has 0 saturated heterocycles. The molecule has 0 bridgehead atoms. The molecule has 0 spiro atoms. The lowest BCUT2D eigenvalue weighted by Gasteiger charge is -2.30. The lowest BCUT2D eigenvalue weighted by atomic mass is 9.96. The van der Waals surface area contributed by atoms with Crippen molar-refractivity contribution in [3.63, 3.8) is 0 Å². The fourth-order valence-electron chi connectivity index (χ4n) is 1.30. The van der Waals surface area contributed by atoms with E-state index < -0.39 is 11.9 Å². The van der Waals surface area contributed by atoms with E-state index in [4.69, 9.17) is 16.7 Å². The van der Waals surface area contributed by atoms with Gasteiger partial charge in [0.2, 0.25) is 0 Å². The summed E-state index contributed by atoms with van der Waals surface area (Å²) in [7, 11) is 5.63. The second kappa shape index (κ2) is 6.21. The van der Waals surface area contributed by atoms with Crippen molar-refractivity contribution in [2.45, 2.75) is 31.7 Å².